The van der Waals surface area contributed by atoms with Crippen molar-refractivity contribution in [2.24, 2.45) is 5.41 Å². The lowest BCUT2D eigenvalue weighted by molar-refractivity contribution is -0.117. The maximum Gasteiger partial charge on any atom is 0.224 e. The van der Waals surface area contributed by atoms with E-state index in [4.69, 9.17) is 5.73 Å². The second-order valence-electron chi connectivity index (χ2n) is 4.75. The highest BCUT2D eigenvalue weighted by atomic mass is 16.1. The van der Waals surface area contributed by atoms with Crippen LogP contribution in [0.4, 0.5) is 11.4 Å². The second-order valence-corrected chi connectivity index (χ2v) is 4.75. The van der Waals surface area contributed by atoms with Crippen LogP contribution in [-0.2, 0) is 4.79 Å². The van der Waals surface area contributed by atoms with Gasteiger partial charge in [0.05, 0.1) is 17.6 Å². The molecule has 0 atom stereocenters. The number of hydrogen-bond donors (Lipinski definition) is 2. The van der Waals surface area contributed by atoms with Crippen LogP contribution in [0.15, 0.2) is 18.5 Å². The van der Waals surface area contributed by atoms with E-state index in [9.17, 15) is 4.79 Å². The number of amides is 1. The molecule has 3 N–H and O–H groups in total. The highest BCUT2D eigenvalue weighted by Gasteiger charge is 2.16. The van der Waals surface area contributed by atoms with Crippen molar-refractivity contribution in [3.63, 3.8) is 0 Å². The van der Waals surface area contributed by atoms with Gasteiger partial charge in [0.15, 0.2) is 0 Å². The zero-order valence-electron chi connectivity index (χ0n) is 9.37. The summed E-state index contributed by atoms with van der Waals surface area (Å²) in [6.45, 7) is 6.05. The number of nitrogen functional groups attached to an aromatic ring is 1. The van der Waals surface area contributed by atoms with Crippen molar-refractivity contribution in [3.8, 4) is 0 Å². The molecule has 1 heterocycles. The van der Waals surface area contributed by atoms with Crippen molar-refractivity contribution < 1.29 is 4.79 Å². The lowest BCUT2D eigenvalue weighted by Crippen LogP contribution is -2.20. The number of carbonyl (C=O) groups is 1. The molecule has 0 saturated carbocycles. The molecule has 1 amide bonds. The van der Waals surface area contributed by atoms with E-state index in [1.165, 1.54) is 6.20 Å². The average molecular weight is 207 g/mol. The number of nitrogens with one attached hydrogen (secondary N) is 1. The Labute approximate surface area is 89.9 Å². The molecule has 15 heavy (non-hydrogen) atoms. The number of pyridine rings is 1. The average Bonchev–Trinajstić information content (AvgIpc) is 2.05. The highest BCUT2D eigenvalue weighted by Crippen LogP contribution is 2.21. The van der Waals surface area contributed by atoms with Gasteiger partial charge in [-0.25, -0.2) is 0 Å². The minimum atomic E-state index is -0.0274. The van der Waals surface area contributed by atoms with Crippen molar-refractivity contribution >= 4 is 17.3 Å². The predicted octanol–water partition coefficient (Wildman–Crippen LogP) is 2.04. The van der Waals surface area contributed by atoms with Gasteiger partial charge in [-0.2, -0.15) is 0 Å². The first-order chi connectivity index (χ1) is 6.88. The summed E-state index contributed by atoms with van der Waals surface area (Å²) in [5.74, 6) is -0.0274. The molecule has 0 radical (unpaired) electrons. The number of carbonyl (C=O) groups excluding carboxylic acids is 1. The molecule has 1 aromatic heterocycles. The standard InChI is InChI=1S/C11H17N3O/c1-11(2,3)6-10(15)14-9-4-5-13-7-8(9)12/h4-5,7H,6,12H2,1-3H3,(H,13,14,15). The van der Waals surface area contributed by atoms with E-state index < -0.39 is 0 Å². The van der Waals surface area contributed by atoms with Crippen molar-refractivity contribution in [1.29, 1.82) is 0 Å². The van der Waals surface area contributed by atoms with E-state index in [1.807, 2.05) is 20.8 Å². The normalized spacial score (nSPS) is 11.1. The smallest absolute Gasteiger partial charge is 0.224 e. The van der Waals surface area contributed by atoms with Gasteiger partial charge in [-0.05, 0) is 11.5 Å². The molecule has 0 saturated heterocycles. The number of anilines is 2. The van der Waals surface area contributed by atoms with Crippen LogP contribution in [0.2, 0.25) is 0 Å². The summed E-state index contributed by atoms with van der Waals surface area (Å²) in [5.41, 5.74) is 6.74. The summed E-state index contributed by atoms with van der Waals surface area (Å²) in [6.07, 6.45) is 3.59. The van der Waals surface area contributed by atoms with Crippen molar-refractivity contribution in [1.82, 2.24) is 4.98 Å². The Morgan fingerprint density at radius 2 is 2.20 bits per heavy atom. The molecule has 0 aliphatic carbocycles. The van der Waals surface area contributed by atoms with Gasteiger partial charge in [0.25, 0.3) is 0 Å². The van der Waals surface area contributed by atoms with E-state index in [-0.39, 0.29) is 11.3 Å². The van der Waals surface area contributed by atoms with Gasteiger partial charge < -0.3 is 11.1 Å². The number of rotatable bonds is 2. The lowest BCUT2D eigenvalue weighted by Gasteiger charge is -2.17. The Balaban J connectivity index is 2.64. The topological polar surface area (TPSA) is 68.0 Å². The van der Waals surface area contributed by atoms with Crippen LogP contribution in [0.25, 0.3) is 0 Å². The monoisotopic (exact) mass is 207 g/mol. The second kappa shape index (κ2) is 4.29. The summed E-state index contributed by atoms with van der Waals surface area (Å²) in [6, 6.07) is 1.69. The quantitative estimate of drug-likeness (QED) is 0.779. The molecule has 4 nitrogen and oxygen atoms in total. The van der Waals surface area contributed by atoms with Gasteiger partial charge in [-0.1, -0.05) is 20.8 Å². The predicted molar refractivity (Wildman–Crippen MR) is 61.4 cm³/mol. The molecule has 82 valence electrons. The van der Waals surface area contributed by atoms with Crippen LogP contribution in [0.3, 0.4) is 0 Å². The summed E-state index contributed by atoms with van der Waals surface area (Å²) in [5, 5.41) is 2.76. The number of nitrogens with zero attached hydrogens (tertiary/aromatic N) is 1. The van der Waals surface area contributed by atoms with Crippen LogP contribution < -0.4 is 11.1 Å². The minimum Gasteiger partial charge on any atom is -0.396 e. The van der Waals surface area contributed by atoms with Gasteiger partial charge in [-0.15, -0.1) is 0 Å². The van der Waals surface area contributed by atoms with Crippen molar-refractivity contribution in [2.75, 3.05) is 11.1 Å². The molecule has 0 unspecified atom stereocenters. The lowest BCUT2D eigenvalue weighted by atomic mass is 9.92. The molecule has 0 aliphatic rings. The fourth-order valence-corrected chi connectivity index (χ4v) is 1.20. The van der Waals surface area contributed by atoms with Crippen LogP contribution in [0.5, 0.6) is 0 Å². The van der Waals surface area contributed by atoms with Crippen molar-refractivity contribution in [3.05, 3.63) is 18.5 Å². The molecule has 1 rings (SSSR count). The number of hydrogen-bond acceptors (Lipinski definition) is 3. The third-order valence-electron chi connectivity index (χ3n) is 1.82. The summed E-state index contributed by atoms with van der Waals surface area (Å²) in [4.78, 5) is 15.4. The molecule has 0 spiro atoms. The molecule has 1 aromatic rings. The Kier molecular flexibility index (Phi) is 3.29. The first kappa shape index (κ1) is 11.5. The molecule has 4 heteroatoms. The van der Waals surface area contributed by atoms with Gasteiger partial charge in [-0.3, -0.25) is 9.78 Å². The van der Waals surface area contributed by atoms with Gasteiger partial charge in [0, 0.05) is 12.6 Å². The molecular weight excluding hydrogens is 190 g/mol. The number of aromatic nitrogens is 1. The fraction of sp³-hybridized carbons (Fsp3) is 0.455. The van der Waals surface area contributed by atoms with Crippen molar-refractivity contribution in [2.45, 2.75) is 27.2 Å². The third kappa shape index (κ3) is 3.97. The van der Waals surface area contributed by atoms with E-state index in [0.29, 0.717) is 17.8 Å². The molecular formula is C11H17N3O. The Hall–Kier alpha value is -1.58. The van der Waals surface area contributed by atoms with E-state index >= 15 is 0 Å². The van der Waals surface area contributed by atoms with E-state index in [0.717, 1.165) is 0 Å². The van der Waals surface area contributed by atoms with E-state index in [1.54, 1.807) is 12.3 Å². The maximum atomic E-state index is 11.6. The largest absolute Gasteiger partial charge is 0.396 e. The van der Waals surface area contributed by atoms with Gasteiger partial charge >= 0.3 is 0 Å². The number of nitrogens with two attached hydrogens (primary N) is 1. The van der Waals surface area contributed by atoms with Crippen LogP contribution in [0.1, 0.15) is 27.2 Å². The summed E-state index contributed by atoms with van der Waals surface area (Å²) >= 11 is 0. The minimum absolute atomic E-state index is 0.0219. The fourth-order valence-electron chi connectivity index (χ4n) is 1.20. The SMILES string of the molecule is CC(C)(C)CC(=O)Nc1ccncc1N. The zero-order valence-corrected chi connectivity index (χ0v) is 9.37. The third-order valence-corrected chi connectivity index (χ3v) is 1.82. The Morgan fingerprint density at radius 3 is 2.73 bits per heavy atom. The van der Waals surface area contributed by atoms with Crippen LogP contribution >= 0.6 is 0 Å². The van der Waals surface area contributed by atoms with Gasteiger partial charge in [0.2, 0.25) is 5.91 Å². The van der Waals surface area contributed by atoms with Crippen LogP contribution in [0, 0.1) is 5.41 Å². The van der Waals surface area contributed by atoms with E-state index in [2.05, 4.69) is 10.3 Å². The highest BCUT2D eigenvalue weighted by molar-refractivity contribution is 5.93. The Morgan fingerprint density at radius 1 is 1.53 bits per heavy atom. The molecule has 0 bridgehead atoms. The molecule has 0 fully saturated rings. The zero-order chi connectivity index (χ0) is 11.5. The maximum absolute atomic E-state index is 11.6. The summed E-state index contributed by atoms with van der Waals surface area (Å²) < 4.78 is 0. The van der Waals surface area contributed by atoms with Gasteiger partial charge in [0.1, 0.15) is 0 Å². The molecule has 0 aliphatic heterocycles. The summed E-state index contributed by atoms with van der Waals surface area (Å²) in [7, 11) is 0. The first-order valence-corrected chi connectivity index (χ1v) is 4.88. The molecule has 0 aromatic carbocycles. The first-order valence-electron chi connectivity index (χ1n) is 4.88. The van der Waals surface area contributed by atoms with Crippen LogP contribution in [-0.4, -0.2) is 10.9 Å². The Bertz CT molecular complexity index is 355.